The summed E-state index contributed by atoms with van der Waals surface area (Å²) in [6, 6.07) is 7.22. The summed E-state index contributed by atoms with van der Waals surface area (Å²) >= 11 is 0. The van der Waals surface area contributed by atoms with E-state index in [1.807, 2.05) is 36.1 Å². The van der Waals surface area contributed by atoms with Gasteiger partial charge in [0, 0.05) is 26.2 Å². The number of benzene rings is 1. The van der Waals surface area contributed by atoms with Crippen molar-refractivity contribution in [3.63, 3.8) is 0 Å². The molecule has 5 nitrogen and oxygen atoms in total. The Bertz CT molecular complexity index is 461. The summed E-state index contributed by atoms with van der Waals surface area (Å²) in [6.45, 7) is 5.99. The molecule has 0 bridgehead atoms. The van der Waals surface area contributed by atoms with Crippen molar-refractivity contribution in [2.45, 2.75) is 19.4 Å². The second kappa shape index (κ2) is 7.54. The normalized spacial score (nSPS) is 18.3. The summed E-state index contributed by atoms with van der Waals surface area (Å²) in [7, 11) is 0. The first kappa shape index (κ1) is 15.9. The Balaban J connectivity index is 1.97. The minimum Gasteiger partial charge on any atom is -0.395 e. The molecule has 1 atom stereocenters. The SMILES string of the molecule is Cc1ccc(C(N)C(=O)N2CCCN(CCO)CC2)cc1. The van der Waals surface area contributed by atoms with Gasteiger partial charge in [-0.25, -0.2) is 0 Å². The van der Waals surface area contributed by atoms with Crippen LogP contribution in [-0.2, 0) is 4.79 Å². The predicted molar refractivity (Wildman–Crippen MR) is 82.8 cm³/mol. The summed E-state index contributed by atoms with van der Waals surface area (Å²) in [6.07, 6.45) is 0.923. The molecule has 1 unspecified atom stereocenters. The molecule has 0 aliphatic carbocycles. The summed E-state index contributed by atoms with van der Waals surface area (Å²) in [5.74, 6) is -0.00954. The average molecular weight is 291 g/mol. The Labute approximate surface area is 126 Å². The molecule has 5 heteroatoms. The van der Waals surface area contributed by atoms with E-state index in [9.17, 15) is 4.79 Å². The predicted octanol–water partition coefficient (Wildman–Crippen LogP) is 0.521. The molecule has 21 heavy (non-hydrogen) atoms. The Kier molecular flexibility index (Phi) is 5.73. The third-order valence-electron chi connectivity index (χ3n) is 4.02. The molecule has 1 aliphatic rings. The van der Waals surface area contributed by atoms with Gasteiger partial charge in [-0.15, -0.1) is 0 Å². The number of aliphatic hydroxyl groups excluding tert-OH is 1. The highest BCUT2D eigenvalue weighted by Gasteiger charge is 2.24. The van der Waals surface area contributed by atoms with E-state index in [4.69, 9.17) is 10.8 Å². The molecule has 0 spiro atoms. The maximum Gasteiger partial charge on any atom is 0.244 e. The number of aryl methyl sites for hydroxylation is 1. The maximum absolute atomic E-state index is 12.5. The highest BCUT2D eigenvalue weighted by atomic mass is 16.3. The zero-order valence-electron chi connectivity index (χ0n) is 12.7. The molecule has 2 rings (SSSR count). The lowest BCUT2D eigenvalue weighted by atomic mass is 10.0. The van der Waals surface area contributed by atoms with Gasteiger partial charge in [0.2, 0.25) is 5.91 Å². The zero-order valence-corrected chi connectivity index (χ0v) is 12.7. The van der Waals surface area contributed by atoms with Crippen LogP contribution < -0.4 is 5.73 Å². The van der Waals surface area contributed by atoms with Crippen LogP contribution in [0.1, 0.15) is 23.6 Å². The van der Waals surface area contributed by atoms with Crippen LogP contribution in [0, 0.1) is 6.92 Å². The van der Waals surface area contributed by atoms with Crippen molar-refractivity contribution in [2.24, 2.45) is 5.73 Å². The van der Waals surface area contributed by atoms with E-state index in [0.29, 0.717) is 13.1 Å². The quantitative estimate of drug-likeness (QED) is 0.848. The van der Waals surface area contributed by atoms with E-state index in [1.165, 1.54) is 0 Å². The fraction of sp³-hybridized carbons (Fsp3) is 0.562. The molecular formula is C16H25N3O2. The average Bonchev–Trinajstić information content (AvgIpc) is 2.73. The van der Waals surface area contributed by atoms with E-state index in [1.54, 1.807) is 0 Å². The van der Waals surface area contributed by atoms with Crippen LogP contribution in [0.2, 0.25) is 0 Å². The fourth-order valence-corrected chi connectivity index (χ4v) is 2.67. The lowest BCUT2D eigenvalue weighted by molar-refractivity contribution is -0.132. The van der Waals surface area contributed by atoms with Gasteiger partial charge < -0.3 is 15.7 Å². The van der Waals surface area contributed by atoms with Gasteiger partial charge in [-0.2, -0.15) is 0 Å². The van der Waals surface area contributed by atoms with Gasteiger partial charge >= 0.3 is 0 Å². The van der Waals surface area contributed by atoms with Gasteiger partial charge in [0.05, 0.1) is 6.61 Å². The van der Waals surface area contributed by atoms with Crippen LogP contribution in [0.25, 0.3) is 0 Å². The highest BCUT2D eigenvalue weighted by Crippen LogP contribution is 2.15. The summed E-state index contributed by atoms with van der Waals surface area (Å²) in [4.78, 5) is 16.6. The fourth-order valence-electron chi connectivity index (χ4n) is 2.67. The Hall–Kier alpha value is -1.43. The molecular weight excluding hydrogens is 266 g/mol. The van der Waals surface area contributed by atoms with Crippen molar-refractivity contribution in [3.8, 4) is 0 Å². The van der Waals surface area contributed by atoms with Gasteiger partial charge in [0.1, 0.15) is 6.04 Å². The molecule has 1 aromatic carbocycles. The third-order valence-corrected chi connectivity index (χ3v) is 4.02. The maximum atomic E-state index is 12.5. The highest BCUT2D eigenvalue weighted by molar-refractivity contribution is 5.83. The number of nitrogens with zero attached hydrogens (tertiary/aromatic N) is 2. The number of amides is 1. The van der Waals surface area contributed by atoms with Gasteiger partial charge in [0.25, 0.3) is 0 Å². The number of carbonyl (C=O) groups excluding carboxylic acids is 1. The number of aliphatic hydroxyl groups is 1. The van der Waals surface area contributed by atoms with Crippen LogP contribution in [0.3, 0.4) is 0 Å². The van der Waals surface area contributed by atoms with Crippen LogP contribution in [0.4, 0.5) is 0 Å². The number of nitrogens with two attached hydrogens (primary N) is 1. The van der Waals surface area contributed by atoms with E-state index in [0.717, 1.165) is 37.2 Å². The van der Waals surface area contributed by atoms with Crippen molar-refractivity contribution in [1.82, 2.24) is 9.80 Å². The van der Waals surface area contributed by atoms with E-state index < -0.39 is 6.04 Å². The van der Waals surface area contributed by atoms with Crippen LogP contribution in [-0.4, -0.2) is 60.1 Å². The molecule has 3 N–H and O–H groups in total. The van der Waals surface area contributed by atoms with Gasteiger partial charge in [-0.3, -0.25) is 9.69 Å². The summed E-state index contributed by atoms with van der Waals surface area (Å²) in [5, 5.41) is 9.00. The van der Waals surface area contributed by atoms with Crippen LogP contribution in [0.15, 0.2) is 24.3 Å². The lowest BCUT2D eigenvalue weighted by Gasteiger charge is -2.24. The van der Waals surface area contributed by atoms with E-state index >= 15 is 0 Å². The molecule has 0 radical (unpaired) electrons. The van der Waals surface area contributed by atoms with Crippen molar-refractivity contribution >= 4 is 5.91 Å². The smallest absolute Gasteiger partial charge is 0.244 e. The lowest BCUT2D eigenvalue weighted by Crippen LogP contribution is -2.41. The second-order valence-electron chi connectivity index (χ2n) is 5.63. The number of carbonyl (C=O) groups is 1. The molecule has 1 amide bonds. The standard InChI is InChI=1S/C16H25N3O2/c1-13-3-5-14(6-4-13)15(17)16(21)19-8-2-7-18(9-10-19)11-12-20/h3-6,15,20H,2,7-12,17H2,1H3. The second-order valence-corrected chi connectivity index (χ2v) is 5.63. The third kappa shape index (κ3) is 4.27. The summed E-state index contributed by atoms with van der Waals surface area (Å²) in [5.41, 5.74) is 8.14. The number of rotatable bonds is 4. The first-order valence-corrected chi connectivity index (χ1v) is 7.56. The molecule has 1 heterocycles. The zero-order chi connectivity index (χ0) is 15.2. The minimum atomic E-state index is -0.588. The number of β-amino-alcohol motifs (C(OH)–C–C–N with tert-alkyl or cyclic N) is 1. The first-order valence-electron chi connectivity index (χ1n) is 7.56. The van der Waals surface area contributed by atoms with Gasteiger partial charge in [0.15, 0.2) is 0 Å². The van der Waals surface area contributed by atoms with E-state index in [2.05, 4.69) is 4.90 Å². The van der Waals surface area contributed by atoms with Gasteiger partial charge in [-0.1, -0.05) is 29.8 Å². The minimum absolute atomic E-state index is 0.00954. The number of hydrogen-bond acceptors (Lipinski definition) is 4. The Morgan fingerprint density at radius 2 is 1.95 bits per heavy atom. The molecule has 1 fully saturated rings. The van der Waals surface area contributed by atoms with E-state index in [-0.39, 0.29) is 12.5 Å². The van der Waals surface area contributed by atoms with Crippen LogP contribution >= 0.6 is 0 Å². The molecule has 0 aromatic heterocycles. The molecule has 1 aliphatic heterocycles. The van der Waals surface area contributed by atoms with Gasteiger partial charge in [-0.05, 0) is 25.5 Å². The van der Waals surface area contributed by atoms with Crippen LogP contribution in [0.5, 0.6) is 0 Å². The summed E-state index contributed by atoms with van der Waals surface area (Å²) < 4.78 is 0. The monoisotopic (exact) mass is 291 g/mol. The molecule has 0 saturated carbocycles. The van der Waals surface area contributed by atoms with Crippen molar-refractivity contribution in [1.29, 1.82) is 0 Å². The topological polar surface area (TPSA) is 69.8 Å². The van der Waals surface area contributed by atoms with Crippen molar-refractivity contribution < 1.29 is 9.90 Å². The Morgan fingerprint density at radius 3 is 2.62 bits per heavy atom. The molecule has 116 valence electrons. The van der Waals surface area contributed by atoms with Crippen molar-refractivity contribution in [3.05, 3.63) is 35.4 Å². The first-order chi connectivity index (χ1) is 10.1. The number of hydrogen-bond donors (Lipinski definition) is 2. The molecule has 1 saturated heterocycles. The Morgan fingerprint density at radius 1 is 1.24 bits per heavy atom. The largest absolute Gasteiger partial charge is 0.395 e. The van der Waals surface area contributed by atoms with Crippen molar-refractivity contribution in [2.75, 3.05) is 39.3 Å². The molecule has 1 aromatic rings.